The van der Waals surface area contributed by atoms with Crippen LogP contribution in [0.2, 0.25) is 0 Å². The lowest BCUT2D eigenvalue weighted by molar-refractivity contribution is -0.139. The van der Waals surface area contributed by atoms with E-state index in [1.165, 1.54) is 23.5 Å². The number of rotatable bonds is 6. The Morgan fingerprint density at radius 2 is 2.20 bits per heavy atom. The number of esters is 1. The molecular formula is C20H21FN4O3S2. The lowest BCUT2D eigenvalue weighted by atomic mass is 9.94. The second-order valence-corrected chi connectivity index (χ2v) is 8.95. The molecule has 2 aliphatic heterocycles. The molecule has 2 aliphatic rings. The SMILES string of the molecule is CCOC(=O)C1=C2CC(N[S+](C)[O-])CN2C(c2nccs2)=NC1c1ccc(F)cc1. The van der Waals surface area contributed by atoms with Crippen molar-refractivity contribution < 1.29 is 18.5 Å². The highest BCUT2D eigenvalue weighted by Crippen LogP contribution is 2.40. The molecule has 1 aromatic carbocycles. The molecule has 1 aromatic heterocycles. The molecule has 1 saturated heterocycles. The maximum Gasteiger partial charge on any atom is 0.338 e. The number of aliphatic imine (C=N–C) groups is 1. The van der Waals surface area contributed by atoms with Gasteiger partial charge in [-0.15, -0.1) is 16.1 Å². The van der Waals surface area contributed by atoms with Crippen molar-refractivity contribution in [2.45, 2.75) is 25.4 Å². The maximum atomic E-state index is 13.5. The lowest BCUT2D eigenvalue weighted by Gasteiger charge is -2.31. The van der Waals surface area contributed by atoms with E-state index in [1.807, 2.05) is 10.3 Å². The van der Waals surface area contributed by atoms with Crippen molar-refractivity contribution in [3.63, 3.8) is 0 Å². The fraction of sp³-hybridized carbons (Fsp3) is 0.350. The molecule has 1 N–H and O–H groups in total. The zero-order valence-electron chi connectivity index (χ0n) is 16.5. The predicted molar refractivity (Wildman–Crippen MR) is 114 cm³/mol. The van der Waals surface area contributed by atoms with Crippen molar-refractivity contribution in [3.8, 4) is 0 Å². The van der Waals surface area contributed by atoms with Gasteiger partial charge in [-0.25, -0.2) is 14.2 Å². The number of hydrogen-bond donors (Lipinski definition) is 1. The summed E-state index contributed by atoms with van der Waals surface area (Å²) in [6.45, 7) is 2.49. The Morgan fingerprint density at radius 1 is 1.43 bits per heavy atom. The summed E-state index contributed by atoms with van der Waals surface area (Å²) in [4.78, 5) is 24.2. The maximum absolute atomic E-state index is 13.5. The first-order valence-corrected chi connectivity index (χ1v) is 11.9. The summed E-state index contributed by atoms with van der Waals surface area (Å²) in [5.74, 6) is -0.165. The van der Waals surface area contributed by atoms with E-state index in [9.17, 15) is 13.7 Å². The first-order chi connectivity index (χ1) is 14.5. The summed E-state index contributed by atoms with van der Waals surface area (Å²) in [5.41, 5.74) is 1.89. The Balaban J connectivity index is 1.84. The van der Waals surface area contributed by atoms with E-state index in [2.05, 4.69) is 9.71 Å². The van der Waals surface area contributed by atoms with E-state index >= 15 is 0 Å². The van der Waals surface area contributed by atoms with E-state index in [-0.39, 0.29) is 18.5 Å². The molecule has 3 heterocycles. The topological polar surface area (TPSA) is 89.9 Å². The third-order valence-electron chi connectivity index (χ3n) is 4.90. The number of hydrogen-bond acceptors (Lipinski definition) is 8. The number of aromatic nitrogens is 1. The zero-order valence-corrected chi connectivity index (χ0v) is 18.1. The van der Waals surface area contributed by atoms with Crippen molar-refractivity contribution in [2.75, 3.05) is 19.4 Å². The second-order valence-electron chi connectivity index (χ2n) is 6.91. The predicted octanol–water partition coefficient (Wildman–Crippen LogP) is 2.56. The summed E-state index contributed by atoms with van der Waals surface area (Å²) in [6, 6.07) is 5.21. The van der Waals surface area contributed by atoms with Crippen LogP contribution in [0, 0.1) is 5.82 Å². The number of fused-ring (bicyclic) bond motifs is 1. The first-order valence-electron chi connectivity index (χ1n) is 9.48. The Hall–Kier alpha value is -2.27. The van der Waals surface area contributed by atoms with Crippen molar-refractivity contribution >= 4 is 34.5 Å². The normalized spacial score (nSPS) is 22.0. The molecule has 0 aliphatic carbocycles. The molecule has 0 bridgehead atoms. The molecule has 10 heteroatoms. The van der Waals surface area contributed by atoms with Crippen molar-refractivity contribution in [2.24, 2.45) is 4.99 Å². The number of ether oxygens (including phenoxy) is 1. The van der Waals surface area contributed by atoms with Gasteiger partial charge in [0.05, 0.1) is 18.2 Å². The van der Waals surface area contributed by atoms with Crippen LogP contribution in [0.3, 0.4) is 0 Å². The minimum absolute atomic E-state index is 0.118. The second kappa shape index (κ2) is 8.84. The summed E-state index contributed by atoms with van der Waals surface area (Å²) in [6.07, 6.45) is 3.78. The van der Waals surface area contributed by atoms with Gasteiger partial charge in [0.1, 0.15) is 18.1 Å². The molecule has 2 aromatic rings. The summed E-state index contributed by atoms with van der Waals surface area (Å²) in [7, 11) is 0. The van der Waals surface area contributed by atoms with Crippen LogP contribution in [-0.2, 0) is 20.9 Å². The molecule has 0 amide bonds. The van der Waals surface area contributed by atoms with E-state index < -0.39 is 23.4 Å². The van der Waals surface area contributed by atoms with Crippen molar-refractivity contribution in [3.05, 3.63) is 63.5 Å². The standard InChI is InChI=1S/C20H21FN4O3S2/c1-3-28-20(26)16-15-10-14(24-30(2)27)11-25(15)18(19-22-8-9-29-19)23-17(16)12-4-6-13(21)7-5-12/h4-9,14,17,24H,3,10-11H2,1-2H3. The highest BCUT2D eigenvalue weighted by Gasteiger charge is 2.42. The van der Waals surface area contributed by atoms with Gasteiger partial charge in [0, 0.05) is 41.6 Å². The molecule has 7 nitrogen and oxygen atoms in total. The van der Waals surface area contributed by atoms with E-state index in [0.717, 1.165) is 10.7 Å². The van der Waals surface area contributed by atoms with Gasteiger partial charge in [0.2, 0.25) is 0 Å². The van der Waals surface area contributed by atoms with Gasteiger partial charge in [0.25, 0.3) is 0 Å². The van der Waals surface area contributed by atoms with Crippen LogP contribution in [0.5, 0.6) is 0 Å². The molecule has 4 rings (SSSR count). The molecule has 0 radical (unpaired) electrons. The van der Waals surface area contributed by atoms with Crippen LogP contribution in [-0.4, -0.2) is 51.7 Å². The van der Waals surface area contributed by atoms with Gasteiger partial charge < -0.3 is 14.2 Å². The molecule has 3 unspecified atom stereocenters. The van der Waals surface area contributed by atoms with Crippen LogP contribution in [0.25, 0.3) is 0 Å². The van der Waals surface area contributed by atoms with E-state index in [0.29, 0.717) is 29.9 Å². The molecular weight excluding hydrogens is 427 g/mol. The summed E-state index contributed by atoms with van der Waals surface area (Å²) < 4.78 is 33.7. The van der Waals surface area contributed by atoms with Gasteiger partial charge in [-0.05, 0) is 24.6 Å². The van der Waals surface area contributed by atoms with Crippen LogP contribution >= 0.6 is 11.3 Å². The summed E-state index contributed by atoms with van der Waals surface area (Å²) >= 11 is 0.251. The number of amidine groups is 1. The zero-order chi connectivity index (χ0) is 21.3. The fourth-order valence-electron chi connectivity index (χ4n) is 3.77. The number of nitrogens with one attached hydrogen (secondary N) is 1. The van der Waals surface area contributed by atoms with E-state index in [1.54, 1.807) is 31.5 Å². The Bertz CT molecular complexity index is 976. The fourth-order valence-corrected chi connectivity index (χ4v) is 5.03. The largest absolute Gasteiger partial charge is 0.598 e. The van der Waals surface area contributed by atoms with Gasteiger partial charge in [0.15, 0.2) is 10.8 Å². The third kappa shape index (κ3) is 4.13. The van der Waals surface area contributed by atoms with Crippen LogP contribution in [0.15, 0.2) is 52.1 Å². The average molecular weight is 449 g/mol. The lowest BCUT2D eigenvalue weighted by Crippen LogP contribution is -2.39. The highest BCUT2D eigenvalue weighted by molar-refractivity contribution is 7.88. The number of benzene rings is 1. The minimum atomic E-state index is -1.20. The van der Waals surface area contributed by atoms with Crippen molar-refractivity contribution in [1.82, 2.24) is 14.6 Å². The Kier molecular flexibility index (Phi) is 6.19. The van der Waals surface area contributed by atoms with Gasteiger partial charge in [-0.1, -0.05) is 12.1 Å². The number of carbonyl (C=O) groups is 1. The molecule has 158 valence electrons. The Morgan fingerprint density at radius 3 is 2.83 bits per heavy atom. The third-order valence-corrected chi connectivity index (χ3v) is 6.33. The van der Waals surface area contributed by atoms with Gasteiger partial charge >= 0.3 is 5.97 Å². The summed E-state index contributed by atoms with van der Waals surface area (Å²) in [5, 5.41) is 2.59. The highest BCUT2D eigenvalue weighted by atomic mass is 32.2. The number of halogens is 1. The smallest absolute Gasteiger partial charge is 0.338 e. The van der Waals surface area contributed by atoms with E-state index in [4.69, 9.17) is 9.73 Å². The van der Waals surface area contributed by atoms with Crippen LogP contribution < -0.4 is 4.72 Å². The average Bonchev–Trinajstić information content (AvgIpc) is 3.36. The molecule has 0 saturated carbocycles. The Labute approximate surface area is 181 Å². The molecule has 30 heavy (non-hydrogen) atoms. The monoisotopic (exact) mass is 448 g/mol. The van der Waals surface area contributed by atoms with Crippen LogP contribution in [0.1, 0.15) is 30.0 Å². The van der Waals surface area contributed by atoms with Crippen LogP contribution in [0.4, 0.5) is 4.39 Å². The first kappa shape index (κ1) is 21.0. The molecule has 0 spiro atoms. The molecule has 1 fully saturated rings. The van der Waals surface area contributed by atoms with Gasteiger partial charge in [-0.2, -0.15) is 0 Å². The van der Waals surface area contributed by atoms with Crippen molar-refractivity contribution in [1.29, 1.82) is 0 Å². The quantitative estimate of drug-likeness (QED) is 0.540. The number of carbonyl (C=O) groups excluding carboxylic acids is 1. The minimum Gasteiger partial charge on any atom is -0.598 e. The molecule has 3 atom stereocenters. The number of thiazole rings is 1. The number of nitrogens with zero attached hydrogens (tertiary/aromatic N) is 3. The van der Waals surface area contributed by atoms with Gasteiger partial charge in [-0.3, -0.25) is 4.99 Å².